The number of aromatic nitrogens is 1. The van der Waals surface area contributed by atoms with Gasteiger partial charge >= 0.3 is 0 Å². The van der Waals surface area contributed by atoms with E-state index in [1.165, 1.54) is 36.3 Å². The Bertz CT molecular complexity index is 390. The molecular weight excluding hydrogens is 230 g/mol. The van der Waals surface area contributed by atoms with Crippen LogP contribution in [0.15, 0.2) is 18.3 Å². The third-order valence-electron chi connectivity index (χ3n) is 4.00. The number of aliphatic hydroxyl groups is 1. The van der Waals surface area contributed by atoms with Crippen LogP contribution < -0.4 is 0 Å². The second kappa shape index (κ2) is 4.99. The molecule has 0 radical (unpaired) electrons. The lowest BCUT2D eigenvalue weighted by molar-refractivity contribution is 0.128. The summed E-state index contributed by atoms with van der Waals surface area (Å²) < 4.78 is 0. The molecule has 1 fully saturated rings. The van der Waals surface area contributed by atoms with E-state index in [0.717, 1.165) is 12.8 Å². The van der Waals surface area contributed by atoms with Gasteiger partial charge in [0.15, 0.2) is 0 Å². The molecule has 2 heterocycles. The first-order valence-electron chi connectivity index (χ1n) is 6.60. The number of hydrogen-bond acceptors (Lipinski definition) is 3. The Kier molecular flexibility index (Phi) is 3.39. The van der Waals surface area contributed by atoms with E-state index in [1.54, 1.807) is 0 Å². The Labute approximate surface area is 107 Å². The summed E-state index contributed by atoms with van der Waals surface area (Å²) in [6.07, 6.45) is 7.52. The second-order valence-electron chi connectivity index (χ2n) is 5.09. The van der Waals surface area contributed by atoms with Gasteiger partial charge in [0.25, 0.3) is 0 Å². The van der Waals surface area contributed by atoms with Crippen LogP contribution in [0.1, 0.15) is 42.9 Å². The van der Waals surface area contributed by atoms with E-state index in [0.29, 0.717) is 5.25 Å². The van der Waals surface area contributed by atoms with Crippen LogP contribution in [0.4, 0.5) is 0 Å². The van der Waals surface area contributed by atoms with Crippen molar-refractivity contribution >= 4 is 11.8 Å². The molecule has 1 aromatic rings. The van der Waals surface area contributed by atoms with Gasteiger partial charge in [0.1, 0.15) is 0 Å². The van der Waals surface area contributed by atoms with E-state index in [9.17, 15) is 5.11 Å². The molecule has 2 nitrogen and oxygen atoms in total. The molecule has 3 rings (SSSR count). The van der Waals surface area contributed by atoms with Gasteiger partial charge in [0, 0.05) is 23.1 Å². The normalized spacial score (nSPS) is 29.9. The molecule has 2 aliphatic rings. The van der Waals surface area contributed by atoms with E-state index in [2.05, 4.69) is 11.1 Å². The molecule has 1 aliphatic heterocycles. The van der Waals surface area contributed by atoms with Gasteiger partial charge in [-0.2, -0.15) is 11.8 Å². The summed E-state index contributed by atoms with van der Waals surface area (Å²) in [7, 11) is 0. The first-order chi connectivity index (χ1) is 8.36. The van der Waals surface area contributed by atoms with Crippen LogP contribution in [-0.2, 0) is 6.42 Å². The molecule has 0 bridgehead atoms. The van der Waals surface area contributed by atoms with Crippen LogP contribution >= 0.6 is 11.8 Å². The van der Waals surface area contributed by atoms with Crippen molar-refractivity contribution in [2.24, 2.45) is 0 Å². The monoisotopic (exact) mass is 249 g/mol. The minimum absolute atomic E-state index is 0.198. The Hall–Kier alpha value is -0.540. The average Bonchev–Trinajstić information content (AvgIpc) is 2.91. The first-order valence-corrected chi connectivity index (χ1v) is 7.64. The second-order valence-corrected chi connectivity index (χ2v) is 6.44. The molecular formula is C14H19NOS. The first kappa shape index (κ1) is 11.5. The lowest BCUT2D eigenvalue weighted by atomic mass is 9.81. The smallest absolute Gasteiger partial charge is 0.0742 e. The minimum atomic E-state index is -0.198. The summed E-state index contributed by atoms with van der Waals surface area (Å²) in [6.45, 7) is 0. The minimum Gasteiger partial charge on any atom is -0.391 e. The highest BCUT2D eigenvalue weighted by Gasteiger charge is 2.34. The summed E-state index contributed by atoms with van der Waals surface area (Å²) in [5, 5.41) is 11.0. The summed E-state index contributed by atoms with van der Waals surface area (Å²) in [5.41, 5.74) is 2.52. The Morgan fingerprint density at radius 1 is 1.35 bits per heavy atom. The maximum atomic E-state index is 10.6. The highest BCUT2D eigenvalue weighted by atomic mass is 32.2. The van der Waals surface area contributed by atoms with E-state index < -0.39 is 0 Å². The zero-order valence-electron chi connectivity index (χ0n) is 10.0. The van der Waals surface area contributed by atoms with E-state index in [4.69, 9.17) is 0 Å². The van der Waals surface area contributed by atoms with E-state index in [1.807, 2.05) is 24.0 Å². The van der Waals surface area contributed by atoms with Crippen LogP contribution in [0.2, 0.25) is 0 Å². The zero-order valence-corrected chi connectivity index (χ0v) is 10.8. The molecule has 92 valence electrons. The van der Waals surface area contributed by atoms with Crippen molar-refractivity contribution in [3.63, 3.8) is 0 Å². The average molecular weight is 249 g/mol. The van der Waals surface area contributed by atoms with Crippen LogP contribution in [0.5, 0.6) is 0 Å². The SMILES string of the molecule is OC(C1CCCS1)C1CCCc2cccnc21. The van der Waals surface area contributed by atoms with Crippen LogP contribution in [-0.4, -0.2) is 27.2 Å². The van der Waals surface area contributed by atoms with Crippen LogP contribution in [0, 0.1) is 0 Å². The summed E-state index contributed by atoms with van der Waals surface area (Å²) in [5.74, 6) is 1.49. The third kappa shape index (κ3) is 2.23. The molecule has 17 heavy (non-hydrogen) atoms. The Balaban J connectivity index is 1.84. The maximum absolute atomic E-state index is 10.6. The summed E-state index contributed by atoms with van der Waals surface area (Å²) in [4.78, 5) is 4.52. The molecule has 0 amide bonds. The van der Waals surface area contributed by atoms with E-state index in [-0.39, 0.29) is 12.0 Å². The Morgan fingerprint density at radius 2 is 2.29 bits per heavy atom. The van der Waals surface area contributed by atoms with E-state index >= 15 is 0 Å². The number of rotatable bonds is 2. The molecule has 1 saturated heterocycles. The number of thioether (sulfide) groups is 1. The Morgan fingerprint density at radius 3 is 3.12 bits per heavy atom. The van der Waals surface area contributed by atoms with Gasteiger partial charge in [0.2, 0.25) is 0 Å². The van der Waals surface area contributed by atoms with Crippen molar-refractivity contribution in [2.45, 2.75) is 49.4 Å². The highest BCUT2D eigenvalue weighted by Crippen LogP contribution is 2.39. The molecule has 1 N–H and O–H groups in total. The zero-order chi connectivity index (χ0) is 11.7. The maximum Gasteiger partial charge on any atom is 0.0742 e. The van der Waals surface area contributed by atoms with Crippen LogP contribution in [0.25, 0.3) is 0 Å². The molecule has 1 aromatic heterocycles. The lowest BCUT2D eigenvalue weighted by Gasteiger charge is -2.31. The number of pyridine rings is 1. The fourth-order valence-corrected chi connectivity index (χ4v) is 4.47. The van der Waals surface area contributed by atoms with Crippen LogP contribution in [0.3, 0.4) is 0 Å². The van der Waals surface area contributed by atoms with Gasteiger partial charge in [-0.05, 0) is 49.5 Å². The molecule has 0 spiro atoms. The number of hydrogen-bond donors (Lipinski definition) is 1. The number of fused-ring (bicyclic) bond motifs is 1. The predicted molar refractivity (Wildman–Crippen MR) is 71.4 cm³/mol. The fraction of sp³-hybridized carbons (Fsp3) is 0.643. The van der Waals surface area contributed by atoms with Crippen molar-refractivity contribution in [3.05, 3.63) is 29.6 Å². The van der Waals surface area contributed by atoms with Crippen molar-refractivity contribution < 1.29 is 5.11 Å². The van der Waals surface area contributed by atoms with Gasteiger partial charge in [-0.15, -0.1) is 0 Å². The standard InChI is InChI=1S/C14H19NOS/c16-14(12-7-3-9-17-12)11-6-1-4-10-5-2-8-15-13(10)11/h2,5,8,11-12,14,16H,1,3-4,6-7,9H2. The molecule has 0 saturated carbocycles. The number of aliphatic hydroxyl groups excluding tert-OH is 1. The summed E-state index contributed by atoms with van der Waals surface area (Å²) >= 11 is 1.94. The topological polar surface area (TPSA) is 33.1 Å². The van der Waals surface area contributed by atoms with Crippen molar-refractivity contribution in [1.29, 1.82) is 0 Å². The van der Waals surface area contributed by atoms with Crippen molar-refractivity contribution in [1.82, 2.24) is 4.98 Å². The van der Waals surface area contributed by atoms with Gasteiger partial charge in [0.05, 0.1) is 6.10 Å². The van der Waals surface area contributed by atoms with Crippen molar-refractivity contribution in [2.75, 3.05) is 5.75 Å². The largest absolute Gasteiger partial charge is 0.391 e. The quantitative estimate of drug-likeness (QED) is 0.875. The van der Waals surface area contributed by atoms with Gasteiger partial charge < -0.3 is 5.11 Å². The van der Waals surface area contributed by atoms with Gasteiger partial charge in [-0.25, -0.2) is 0 Å². The molecule has 3 atom stereocenters. The number of aryl methyl sites for hydroxylation is 1. The molecule has 3 unspecified atom stereocenters. The fourth-order valence-electron chi connectivity index (χ4n) is 3.11. The molecule has 0 aromatic carbocycles. The lowest BCUT2D eigenvalue weighted by Crippen LogP contribution is -2.31. The molecule has 3 heteroatoms. The third-order valence-corrected chi connectivity index (χ3v) is 5.46. The van der Waals surface area contributed by atoms with Crippen molar-refractivity contribution in [3.8, 4) is 0 Å². The van der Waals surface area contributed by atoms with Gasteiger partial charge in [-0.1, -0.05) is 6.07 Å². The van der Waals surface area contributed by atoms with Gasteiger partial charge in [-0.3, -0.25) is 4.98 Å². The predicted octanol–water partition coefficient (Wildman–Crippen LogP) is 2.76. The summed E-state index contributed by atoms with van der Waals surface area (Å²) in [6, 6.07) is 4.18. The number of nitrogens with zero attached hydrogens (tertiary/aromatic N) is 1. The highest BCUT2D eigenvalue weighted by molar-refractivity contribution is 8.00. The molecule has 1 aliphatic carbocycles.